The van der Waals surface area contributed by atoms with Gasteiger partial charge < -0.3 is 9.80 Å². The van der Waals surface area contributed by atoms with Gasteiger partial charge >= 0.3 is 0 Å². The first-order valence-corrected chi connectivity index (χ1v) is 9.17. The van der Waals surface area contributed by atoms with Gasteiger partial charge in [0.1, 0.15) is 0 Å². The van der Waals surface area contributed by atoms with Gasteiger partial charge in [-0.1, -0.05) is 36.8 Å². The molecule has 1 saturated heterocycles. The van der Waals surface area contributed by atoms with Gasteiger partial charge in [0.15, 0.2) is 0 Å². The van der Waals surface area contributed by atoms with Crippen molar-refractivity contribution >= 4 is 5.69 Å². The molecule has 1 aliphatic rings. The Labute approximate surface area is 146 Å². The minimum Gasteiger partial charge on any atom is -0.366 e. The Morgan fingerprint density at radius 3 is 2.29 bits per heavy atom. The zero-order valence-electron chi connectivity index (χ0n) is 15.0. The van der Waals surface area contributed by atoms with Crippen LogP contribution < -0.4 is 4.90 Å². The van der Waals surface area contributed by atoms with Crippen LogP contribution in [-0.2, 0) is 6.54 Å². The maximum Gasteiger partial charge on any atom is 0.0430 e. The predicted molar refractivity (Wildman–Crippen MR) is 101 cm³/mol. The van der Waals surface area contributed by atoms with Crippen molar-refractivity contribution in [2.24, 2.45) is 0 Å². The van der Waals surface area contributed by atoms with E-state index in [1.54, 1.807) is 0 Å². The Bertz CT molecular complexity index is 613. The normalized spacial score (nSPS) is 15.4. The lowest BCUT2D eigenvalue weighted by molar-refractivity contribution is 0.233. The van der Waals surface area contributed by atoms with E-state index in [-0.39, 0.29) is 0 Å². The zero-order chi connectivity index (χ0) is 16.8. The SMILES string of the molecule is Cc1cc(N(CCN2CCCCC2)Cc2ccccc2)cc(C)n1. The number of piperidine rings is 1. The lowest BCUT2D eigenvalue weighted by Gasteiger charge is -2.31. The molecule has 1 aromatic heterocycles. The van der Waals surface area contributed by atoms with Crippen molar-refractivity contribution in [2.45, 2.75) is 39.7 Å². The number of likely N-dealkylation sites (tertiary alicyclic amines) is 1. The standard InChI is InChI=1S/C21H29N3/c1-18-15-21(16-19(2)22-18)24(17-20-9-5-3-6-10-20)14-13-23-11-7-4-8-12-23/h3,5-6,9-10,15-16H,4,7-8,11-14,17H2,1-2H3. The number of hydrogen-bond acceptors (Lipinski definition) is 3. The van der Waals surface area contributed by atoms with Crippen molar-refractivity contribution in [3.8, 4) is 0 Å². The van der Waals surface area contributed by atoms with Crippen LogP contribution in [0.3, 0.4) is 0 Å². The van der Waals surface area contributed by atoms with Gasteiger partial charge in [0, 0.05) is 36.7 Å². The third-order valence-corrected chi connectivity index (χ3v) is 4.78. The van der Waals surface area contributed by atoms with E-state index in [4.69, 9.17) is 0 Å². The Morgan fingerprint density at radius 2 is 1.62 bits per heavy atom. The van der Waals surface area contributed by atoms with E-state index in [0.717, 1.165) is 31.0 Å². The van der Waals surface area contributed by atoms with Crippen LogP contribution in [0.15, 0.2) is 42.5 Å². The first-order valence-electron chi connectivity index (χ1n) is 9.17. The number of benzene rings is 1. The summed E-state index contributed by atoms with van der Waals surface area (Å²) in [5, 5.41) is 0. The molecular weight excluding hydrogens is 294 g/mol. The van der Waals surface area contributed by atoms with Gasteiger partial charge in [0.05, 0.1) is 0 Å². The Kier molecular flexibility index (Phi) is 5.86. The van der Waals surface area contributed by atoms with E-state index in [1.807, 2.05) is 0 Å². The average Bonchev–Trinajstić information content (AvgIpc) is 2.59. The van der Waals surface area contributed by atoms with E-state index in [1.165, 1.54) is 43.6 Å². The molecule has 2 aromatic rings. The molecule has 24 heavy (non-hydrogen) atoms. The highest BCUT2D eigenvalue weighted by atomic mass is 15.2. The maximum atomic E-state index is 4.54. The van der Waals surface area contributed by atoms with Crippen LogP contribution in [0.5, 0.6) is 0 Å². The van der Waals surface area contributed by atoms with Crippen molar-refractivity contribution in [2.75, 3.05) is 31.1 Å². The van der Waals surface area contributed by atoms with E-state index in [9.17, 15) is 0 Å². The van der Waals surface area contributed by atoms with Crippen LogP contribution in [0.1, 0.15) is 36.2 Å². The molecule has 128 valence electrons. The molecule has 3 heteroatoms. The number of rotatable bonds is 6. The van der Waals surface area contributed by atoms with Gasteiger partial charge in [-0.3, -0.25) is 4.98 Å². The topological polar surface area (TPSA) is 19.4 Å². The molecule has 3 rings (SSSR count). The van der Waals surface area contributed by atoms with Crippen molar-refractivity contribution in [3.05, 3.63) is 59.4 Å². The van der Waals surface area contributed by atoms with Gasteiger partial charge in [-0.05, 0) is 57.5 Å². The fourth-order valence-electron chi connectivity index (χ4n) is 3.54. The number of nitrogens with zero attached hydrogens (tertiary/aromatic N) is 3. The fourth-order valence-corrected chi connectivity index (χ4v) is 3.54. The van der Waals surface area contributed by atoms with Crippen LogP contribution in [-0.4, -0.2) is 36.1 Å². The van der Waals surface area contributed by atoms with Crippen molar-refractivity contribution < 1.29 is 0 Å². The van der Waals surface area contributed by atoms with Gasteiger partial charge in [-0.2, -0.15) is 0 Å². The molecule has 0 unspecified atom stereocenters. The number of hydrogen-bond donors (Lipinski definition) is 0. The Balaban J connectivity index is 1.74. The molecule has 0 aliphatic carbocycles. The summed E-state index contributed by atoms with van der Waals surface area (Å²) in [7, 11) is 0. The fraction of sp³-hybridized carbons (Fsp3) is 0.476. The smallest absolute Gasteiger partial charge is 0.0430 e. The van der Waals surface area contributed by atoms with E-state index in [2.05, 4.69) is 71.1 Å². The summed E-state index contributed by atoms with van der Waals surface area (Å²) in [6.45, 7) is 9.85. The largest absolute Gasteiger partial charge is 0.366 e. The highest BCUT2D eigenvalue weighted by molar-refractivity contribution is 5.48. The second kappa shape index (κ2) is 8.29. The molecule has 0 bridgehead atoms. The zero-order valence-corrected chi connectivity index (χ0v) is 15.0. The monoisotopic (exact) mass is 323 g/mol. The summed E-state index contributed by atoms with van der Waals surface area (Å²) >= 11 is 0. The van der Waals surface area contributed by atoms with Gasteiger partial charge in [-0.25, -0.2) is 0 Å². The summed E-state index contributed by atoms with van der Waals surface area (Å²) in [5.41, 5.74) is 4.85. The minimum absolute atomic E-state index is 0.956. The van der Waals surface area contributed by atoms with Crippen molar-refractivity contribution in [1.29, 1.82) is 0 Å². The van der Waals surface area contributed by atoms with Gasteiger partial charge in [-0.15, -0.1) is 0 Å². The first kappa shape index (κ1) is 17.0. The second-order valence-corrected chi connectivity index (χ2v) is 6.92. The minimum atomic E-state index is 0.956. The lowest BCUT2D eigenvalue weighted by atomic mass is 10.1. The van der Waals surface area contributed by atoms with Gasteiger partial charge in [0.25, 0.3) is 0 Å². The summed E-state index contributed by atoms with van der Waals surface area (Å²) < 4.78 is 0. The number of pyridine rings is 1. The molecule has 3 nitrogen and oxygen atoms in total. The van der Waals surface area contributed by atoms with Crippen LogP contribution >= 0.6 is 0 Å². The quantitative estimate of drug-likeness (QED) is 0.794. The van der Waals surface area contributed by atoms with Crippen LogP contribution in [0.2, 0.25) is 0 Å². The summed E-state index contributed by atoms with van der Waals surface area (Å²) in [4.78, 5) is 9.66. The molecule has 1 aromatic carbocycles. The summed E-state index contributed by atoms with van der Waals surface area (Å²) in [5.74, 6) is 0. The molecule has 1 aliphatic heterocycles. The Hall–Kier alpha value is -1.87. The van der Waals surface area contributed by atoms with Gasteiger partial charge in [0.2, 0.25) is 0 Å². The molecular formula is C21H29N3. The summed E-state index contributed by atoms with van der Waals surface area (Å²) in [6.07, 6.45) is 4.10. The van der Waals surface area contributed by atoms with Crippen LogP contribution in [0.4, 0.5) is 5.69 Å². The third-order valence-electron chi connectivity index (χ3n) is 4.78. The van der Waals surface area contributed by atoms with E-state index < -0.39 is 0 Å². The van der Waals surface area contributed by atoms with Crippen LogP contribution in [0, 0.1) is 13.8 Å². The molecule has 1 fully saturated rings. The second-order valence-electron chi connectivity index (χ2n) is 6.92. The molecule has 0 atom stereocenters. The van der Waals surface area contributed by atoms with E-state index in [0.29, 0.717) is 0 Å². The molecule has 0 N–H and O–H groups in total. The molecule has 0 amide bonds. The predicted octanol–water partition coefficient (Wildman–Crippen LogP) is 4.19. The van der Waals surface area contributed by atoms with Crippen LogP contribution in [0.25, 0.3) is 0 Å². The summed E-state index contributed by atoms with van der Waals surface area (Å²) in [6, 6.07) is 15.2. The lowest BCUT2D eigenvalue weighted by Crippen LogP contribution is -2.37. The number of aromatic nitrogens is 1. The maximum absolute atomic E-state index is 4.54. The van der Waals surface area contributed by atoms with Crippen molar-refractivity contribution in [3.63, 3.8) is 0 Å². The molecule has 0 saturated carbocycles. The highest BCUT2D eigenvalue weighted by Crippen LogP contribution is 2.20. The average molecular weight is 323 g/mol. The molecule has 0 radical (unpaired) electrons. The van der Waals surface area contributed by atoms with Crippen molar-refractivity contribution in [1.82, 2.24) is 9.88 Å². The molecule has 2 heterocycles. The van der Waals surface area contributed by atoms with E-state index >= 15 is 0 Å². The molecule has 0 spiro atoms. The number of anilines is 1. The first-order chi connectivity index (χ1) is 11.7. The highest BCUT2D eigenvalue weighted by Gasteiger charge is 2.14. The third kappa shape index (κ3) is 4.81. The Morgan fingerprint density at radius 1 is 0.958 bits per heavy atom. The number of aryl methyl sites for hydroxylation is 2.